The second kappa shape index (κ2) is 19.5. The van der Waals surface area contributed by atoms with E-state index in [4.69, 9.17) is 24.4 Å². The molecule has 0 bridgehead atoms. The molecule has 2 fully saturated rings. The summed E-state index contributed by atoms with van der Waals surface area (Å²) >= 11 is 0. The average molecular weight is 959 g/mol. The van der Waals surface area contributed by atoms with Gasteiger partial charge in [0.15, 0.2) is 0 Å². The smallest absolute Gasteiger partial charge is 0.295 e. The van der Waals surface area contributed by atoms with Gasteiger partial charge in [0.05, 0.1) is 31.3 Å². The zero-order chi connectivity index (χ0) is 46.5. The molecule has 0 unspecified atom stereocenters. The molecular formula is C42H42N10O11S3. The number of benzene rings is 4. The van der Waals surface area contributed by atoms with Crippen molar-refractivity contribution in [3.05, 3.63) is 125 Å². The van der Waals surface area contributed by atoms with Crippen LogP contribution in [0.25, 0.3) is 12.2 Å². The largest absolute Gasteiger partial charge is 0.378 e. The summed E-state index contributed by atoms with van der Waals surface area (Å²) < 4.78 is 115. The number of nitrogens with one attached hydrogen (secondary N) is 2. The summed E-state index contributed by atoms with van der Waals surface area (Å²) in [5, 5.41) is 5.90. The van der Waals surface area contributed by atoms with Crippen molar-refractivity contribution in [1.29, 1.82) is 0 Å². The standard InChI is InChI=1S/C42H42N10O11S3/c53-64(54,55)34-14-12-32(13-15-34)43-39-48-40(50-42(49-39)52-18-22-63-23-19-52)44-33-11-10-31(36(27-33)66(59,60)61)9-8-30-7-6-29(24-35(30)65(56,57)58)26-38-45-37(25-28-4-2-1-3-5-28)46-41(47-38)51-16-20-62-21-17-51/h1-15,24,27H,16-23,25-26H2,(H,53,54,55)(H,56,57,58)(H,59,60,61)(H2,43,44,48,49,50)/b9-8+. The Kier molecular flexibility index (Phi) is 13.6. The molecule has 0 radical (unpaired) electrons. The molecule has 0 spiro atoms. The van der Waals surface area contributed by atoms with Gasteiger partial charge in [0.2, 0.25) is 23.8 Å². The first-order chi connectivity index (χ1) is 31.5. The normalized spacial score (nSPS) is 15.0. The highest BCUT2D eigenvalue weighted by Gasteiger charge is 2.22. The predicted octanol–water partition coefficient (Wildman–Crippen LogP) is 4.31. The molecule has 8 rings (SSSR count). The van der Waals surface area contributed by atoms with Crippen LogP contribution in [0.15, 0.2) is 106 Å². The van der Waals surface area contributed by atoms with Crippen molar-refractivity contribution in [3.63, 3.8) is 0 Å². The third kappa shape index (κ3) is 11.8. The summed E-state index contributed by atoms with van der Waals surface area (Å²) in [4.78, 5) is 30.0. The molecule has 24 heteroatoms. The third-order valence-corrected chi connectivity index (χ3v) is 12.9. The van der Waals surface area contributed by atoms with Gasteiger partial charge in [-0.15, -0.1) is 0 Å². The lowest BCUT2D eigenvalue weighted by Crippen LogP contribution is -2.37. The van der Waals surface area contributed by atoms with Crippen LogP contribution in [-0.2, 0) is 52.7 Å². The first-order valence-electron chi connectivity index (χ1n) is 20.2. The van der Waals surface area contributed by atoms with Crippen molar-refractivity contribution in [2.24, 2.45) is 0 Å². The minimum Gasteiger partial charge on any atom is -0.378 e. The maximum absolute atomic E-state index is 12.8. The number of hydrogen-bond acceptors (Lipinski definition) is 18. The molecule has 2 saturated heterocycles. The van der Waals surface area contributed by atoms with Gasteiger partial charge in [-0.3, -0.25) is 13.7 Å². The van der Waals surface area contributed by atoms with Gasteiger partial charge in [-0.05, 0) is 64.7 Å². The van der Waals surface area contributed by atoms with Crippen molar-refractivity contribution in [1.82, 2.24) is 29.9 Å². The number of nitrogens with zero attached hydrogens (tertiary/aromatic N) is 8. The van der Waals surface area contributed by atoms with E-state index in [0.717, 1.165) is 11.6 Å². The highest BCUT2D eigenvalue weighted by molar-refractivity contribution is 7.86. The Bertz CT molecular complexity index is 3100. The molecule has 21 nitrogen and oxygen atoms in total. The molecule has 2 aliphatic heterocycles. The molecule has 4 aromatic carbocycles. The fourth-order valence-electron chi connectivity index (χ4n) is 7.03. The van der Waals surface area contributed by atoms with Gasteiger partial charge in [0, 0.05) is 50.4 Å². The Hall–Kier alpha value is -6.51. The van der Waals surface area contributed by atoms with Crippen molar-refractivity contribution >= 4 is 77.7 Å². The van der Waals surface area contributed by atoms with Gasteiger partial charge in [-0.1, -0.05) is 60.7 Å². The molecule has 4 heterocycles. The lowest BCUT2D eigenvalue weighted by atomic mass is 10.1. The van der Waals surface area contributed by atoms with Crippen LogP contribution in [0, 0.1) is 0 Å². The Labute approximate surface area is 379 Å². The topological polar surface area (TPSA) is 289 Å². The molecule has 5 N–H and O–H groups in total. The summed E-state index contributed by atoms with van der Waals surface area (Å²) in [6.07, 6.45) is 3.10. The van der Waals surface area contributed by atoms with Crippen molar-refractivity contribution < 1.29 is 48.4 Å². The van der Waals surface area contributed by atoms with Gasteiger partial charge < -0.3 is 29.9 Å². The van der Waals surface area contributed by atoms with Crippen LogP contribution in [0.4, 0.5) is 35.2 Å². The lowest BCUT2D eigenvalue weighted by molar-refractivity contribution is 0.122. The van der Waals surface area contributed by atoms with Gasteiger partial charge in [-0.2, -0.15) is 50.2 Å². The van der Waals surface area contributed by atoms with E-state index in [-0.39, 0.29) is 46.0 Å². The predicted molar refractivity (Wildman–Crippen MR) is 242 cm³/mol. The van der Waals surface area contributed by atoms with Crippen LogP contribution < -0.4 is 20.4 Å². The molecule has 0 aliphatic carbocycles. The molecule has 2 aliphatic rings. The van der Waals surface area contributed by atoms with E-state index in [9.17, 15) is 38.9 Å². The Morgan fingerprint density at radius 2 is 1.00 bits per heavy atom. The number of anilines is 6. The van der Waals surface area contributed by atoms with E-state index in [1.807, 2.05) is 40.1 Å². The molecule has 344 valence electrons. The summed E-state index contributed by atoms with van der Waals surface area (Å²) in [7, 11) is -14.1. The fourth-order valence-corrected chi connectivity index (χ4v) is 8.96. The molecule has 0 atom stereocenters. The molecule has 2 aromatic heterocycles. The Morgan fingerprint density at radius 3 is 1.55 bits per heavy atom. The molecular weight excluding hydrogens is 917 g/mol. The van der Waals surface area contributed by atoms with Crippen LogP contribution >= 0.6 is 0 Å². The first-order valence-corrected chi connectivity index (χ1v) is 24.6. The highest BCUT2D eigenvalue weighted by atomic mass is 32.2. The fraction of sp³-hybridized carbons (Fsp3) is 0.238. The van der Waals surface area contributed by atoms with E-state index < -0.39 is 40.1 Å². The molecule has 0 saturated carbocycles. The molecule has 0 amide bonds. The summed E-state index contributed by atoms with van der Waals surface area (Å²) in [6.45, 7) is 3.90. The van der Waals surface area contributed by atoms with Crippen LogP contribution in [-0.4, -0.2) is 121 Å². The zero-order valence-electron chi connectivity index (χ0n) is 34.8. The lowest BCUT2D eigenvalue weighted by Gasteiger charge is -2.27. The minimum absolute atomic E-state index is 0.0210. The summed E-state index contributed by atoms with van der Waals surface area (Å²) in [6, 6.07) is 23.2. The average Bonchev–Trinajstić information content (AvgIpc) is 3.29. The van der Waals surface area contributed by atoms with Crippen molar-refractivity contribution in [3.8, 4) is 0 Å². The third-order valence-electron chi connectivity index (χ3n) is 10.2. The molecule has 66 heavy (non-hydrogen) atoms. The van der Waals surface area contributed by atoms with E-state index in [1.165, 1.54) is 60.7 Å². The highest BCUT2D eigenvalue weighted by Crippen LogP contribution is 2.28. The Morgan fingerprint density at radius 1 is 0.515 bits per heavy atom. The SMILES string of the molecule is O=S(=O)(O)c1ccc(Nc2nc(Nc3ccc(/C=C/c4ccc(Cc5nc(Cc6ccccc6)nc(N6CCOCC6)n5)cc4S(=O)(=O)O)c(S(=O)(=O)O)c3)nc(N3CCOCC3)n2)cc1. The maximum atomic E-state index is 12.8. The van der Waals surface area contributed by atoms with E-state index >= 15 is 0 Å². The van der Waals surface area contributed by atoms with Gasteiger partial charge >= 0.3 is 0 Å². The zero-order valence-corrected chi connectivity index (χ0v) is 37.2. The number of morpholine rings is 2. The van der Waals surface area contributed by atoms with Crippen LogP contribution in [0.5, 0.6) is 0 Å². The van der Waals surface area contributed by atoms with Crippen LogP contribution in [0.1, 0.15) is 33.9 Å². The van der Waals surface area contributed by atoms with Gasteiger partial charge in [0.25, 0.3) is 30.4 Å². The first kappa shape index (κ1) is 46.0. The number of rotatable bonds is 15. The quantitative estimate of drug-likeness (QED) is 0.0708. The number of aromatic nitrogens is 6. The summed E-state index contributed by atoms with van der Waals surface area (Å²) in [5.41, 5.74) is 1.95. The van der Waals surface area contributed by atoms with Crippen molar-refractivity contribution in [2.45, 2.75) is 27.5 Å². The van der Waals surface area contributed by atoms with E-state index in [1.54, 1.807) is 6.07 Å². The van der Waals surface area contributed by atoms with E-state index in [0.29, 0.717) is 87.9 Å². The summed E-state index contributed by atoms with van der Waals surface area (Å²) in [5.74, 6) is 1.60. The van der Waals surface area contributed by atoms with Crippen LogP contribution in [0.2, 0.25) is 0 Å². The number of ether oxygens (including phenoxy) is 2. The molecule has 6 aromatic rings. The maximum Gasteiger partial charge on any atom is 0.295 e. The minimum atomic E-state index is -4.89. The second-order valence-electron chi connectivity index (χ2n) is 14.9. The van der Waals surface area contributed by atoms with Crippen LogP contribution in [0.3, 0.4) is 0 Å². The Balaban J connectivity index is 1.06. The van der Waals surface area contributed by atoms with E-state index in [2.05, 4.69) is 25.6 Å². The van der Waals surface area contributed by atoms with Crippen molar-refractivity contribution in [2.75, 3.05) is 73.0 Å². The number of hydrogen-bond donors (Lipinski definition) is 5. The van der Waals surface area contributed by atoms with Gasteiger partial charge in [-0.25, -0.2) is 4.98 Å². The second-order valence-corrected chi connectivity index (χ2v) is 19.1. The monoisotopic (exact) mass is 958 g/mol. The van der Waals surface area contributed by atoms with Gasteiger partial charge in [0.1, 0.15) is 21.4 Å².